The van der Waals surface area contributed by atoms with Crippen molar-refractivity contribution >= 4 is 23.2 Å². The van der Waals surface area contributed by atoms with Crippen molar-refractivity contribution in [1.82, 2.24) is 4.90 Å². The fraction of sp³-hybridized carbons (Fsp3) is 0.462. The number of nitrogens with two attached hydrogens (primary N) is 1. The number of nitrogens with zero attached hydrogens (tertiary/aromatic N) is 1. The van der Waals surface area contributed by atoms with E-state index in [1.165, 1.54) is 0 Å². The summed E-state index contributed by atoms with van der Waals surface area (Å²) in [7, 11) is 0. The van der Waals surface area contributed by atoms with Crippen molar-refractivity contribution in [3.63, 3.8) is 0 Å². The minimum absolute atomic E-state index is 0.0522. The Bertz CT molecular complexity index is 454. The third-order valence-corrected chi connectivity index (χ3v) is 3.38. The zero-order chi connectivity index (χ0) is 13.3. The van der Waals surface area contributed by atoms with E-state index in [2.05, 4.69) is 0 Å². The van der Waals surface area contributed by atoms with Gasteiger partial charge in [0.05, 0.1) is 30.9 Å². The number of morpholine rings is 1. The second-order valence-corrected chi connectivity index (χ2v) is 5.12. The van der Waals surface area contributed by atoms with Gasteiger partial charge in [0.1, 0.15) is 0 Å². The van der Waals surface area contributed by atoms with E-state index < -0.39 is 0 Å². The van der Waals surface area contributed by atoms with E-state index >= 15 is 0 Å². The number of halogens is 1. The van der Waals surface area contributed by atoms with Crippen LogP contribution in [0.4, 0.5) is 5.69 Å². The molecule has 0 radical (unpaired) electrons. The molecule has 2 rings (SSSR count). The molecule has 2 N–H and O–H groups in total. The average molecular weight is 269 g/mol. The van der Waals surface area contributed by atoms with Gasteiger partial charge in [-0.05, 0) is 32.0 Å². The molecule has 2 unspecified atom stereocenters. The van der Waals surface area contributed by atoms with Crippen LogP contribution in [0, 0.1) is 0 Å². The minimum Gasteiger partial charge on any atom is -0.398 e. The Morgan fingerprint density at radius 2 is 2.00 bits per heavy atom. The lowest BCUT2D eigenvalue weighted by Gasteiger charge is -2.39. The molecular weight excluding hydrogens is 252 g/mol. The predicted octanol–water partition coefficient (Wildman–Crippen LogP) is 2.17. The fourth-order valence-electron chi connectivity index (χ4n) is 2.27. The third kappa shape index (κ3) is 2.44. The minimum atomic E-state index is -0.0625. The van der Waals surface area contributed by atoms with Gasteiger partial charge in [0.25, 0.3) is 5.91 Å². The fourth-order valence-corrected chi connectivity index (χ4v) is 2.45. The second-order valence-electron chi connectivity index (χ2n) is 4.68. The highest BCUT2D eigenvalue weighted by Gasteiger charge is 2.31. The summed E-state index contributed by atoms with van der Waals surface area (Å²) >= 11 is 5.84. The molecule has 98 valence electrons. The molecular formula is C13H17ClN2O2. The third-order valence-electron chi connectivity index (χ3n) is 3.15. The van der Waals surface area contributed by atoms with Gasteiger partial charge in [0, 0.05) is 10.7 Å². The van der Waals surface area contributed by atoms with Crippen molar-refractivity contribution in [2.75, 3.05) is 18.9 Å². The number of nitrogen functional groups attached to an aromatic ring is 1. The van der Waals surface area contributed by atoms with E-state index in [0.29, 0.717) is 29.5 Å². The topological polar surface area (TPSA) is 55.6 Å². The Kier molecular flexibility index (Phi) is 3.78. The largest absolute Gasteiger partial charge is 0.398 e. The lowest BCUT2D eigenvalue weighted by Crippen LogP contribution is -2.52. The van der Waals surface area contributed by atoms with Crippen LogP contribution in [-0.4, -0.2) is 36.1 Å². The van der Waals surface area contributed by atoms with Crippen molar-refractivity contribution in [3.8, 4) is 0 Å². The molecule has 1 aliphatic heterocycles. The summed E-state index contributed by atoms with van der Waals surface area (Å²) < 4.78 is 5.41. The maximum atomic E-state index is 12.5. The van der Waals surface area contributed by atoms with Gasteiger partial charge in [-0.25, -0.2) is 0 Å². The zero-order valence-corrected chi connectivity index (χ0v) is 11.3. The van der Waals surface area contributed by atoms with Crippen LogP contribution in [0.1, 0.15) is 24.2 Å². The van der Waals surface area contributed by atoms with Gasteiger partial charge in [-0.15, -0.1) is 0 Å². The first-order valence-electron chi connectivity index (χ1n) is 5.96. The number of carbonyl (C=O) groups is 1. The molecule has 1 aromatic carbocycles. The van der Waals surface area contributed by atoms with Gasteiger partial charge in [0.2, 0.25) is 0 Å². The molecule has 4 nitrogen and oxygen atoms in total. The summed E-state index contributed by atoms with van der Waals surface area (Å²) in [5.74, 6) is -0.0625. The van der Waals surface area contributed by atoms with Gasteiger partial charge < -0.3 is 15.4 Å². The van der Waals surface area contributed by atoms with Crippen LogP contribution in [0.3, 0.4) is 0 Å². The molecule has 0 spiro atoms. The summed E-state index contributed by atoms with van der Waals surface area (Å²) in [6, 6.07) is 5.06. The first-order valence-corrected chi connectivity index (χ1v) is 6.34. The first kappa shape index (κ1) is 13.2. The molecule has 0 aromatic heterocycles. The van der Waals surface area contributed by atoms with Crippen molar-refractivity contribution in [3.05, 3.63) is 28.8 Å². The molecule has 0 aliphatic carbocycles. The Labute approximate surface area is 112 Å². The second kappa shape index (κ2) is 5.16. The Morgan fingerprint density at radius 1 is 1.39 bits per heavy atom. The summed E-state index contributed by atoms with van der Waals surface area (Å²) in [5, 5.41) is 0.534. The maximum absolute atomic E-state index is 12.5. The van der Waals surface area contributed by atoms with Crippen LogP contribution in [-0.2, 0) is 4.74 Å². The van der Waals surface area contributed by atoms with Crippen molar-refractivity contribution < 1.29 is 9.53 Å². The molecule has 5 heteroatoms. The molecule has 18 heavy (non-hydrogen) atoms. The Hall–Kier alpha value is -1.26. The summed E-state index contributed by atoms with van der Waals surface area (Å²) in [4.78, 5) is 14.3. The molecule has 0 saturated carbocycles. The van der Waals surface area contributed by atoms with Crippen LogP contribution in [0.15, 0.2) is 18.2 Å². The number of carbonyl (C=O) groups excluding carboxylic acids is 1. The molecule has 1 heterocycles. The SMILES string of the molecule is CC1COCC(C)N1C(=O)c1ccc(Cl)cc1N. The number of anilines is 1. The number of amides is 1. The van der Waals surface area contributed by atoms with Crippen LogP contribution < -0.4 is 5.73 Å². The summed E-state index contributed by atoms with van der Waals surface area (Å²) in [5.41, 5.74) is 6.77. The molecule has 1 fully saturated rings. The van der Waals surface area contributed by atoms with Crippen LogP contribution in [0.25, 0.3) is 0 Å². The van der Waals surface area contributed by atoms with E-state index in [0.717, 1.165) is 0 Å². The average Bonchev–Trinajstić information content (AvgIpc) is 2.28. The van der Waals surface area contributed by atoms with Gasteiger partial charge in [0.15, 0.2) is 0 Å². The van der Waals surface area contributed by atoms with Crippen molar-refractivity contribution in [2.24, 2.45) is 0 Å². The van der Waals surface area contributed by atoms with E-state index in [1.54, 1.807) is 18.2 Å². The Morgan fingerprint density at radius 3 is 2.56 bits per heavy atom. The lowest BCUT2D eigenvalue weighted by molar-refractivity contribution is -0.0249. The van der Waals surface area contributed by atoms with Gasteiger partial charge in [-0.3, -0.25) is 4.79 Å². The standard InChI is InChI=1S/C13H17ClN2O2/c1-8-6-18-7-9(2)16(8)13(17)11-4-3-10(14)5-12(11)15/h3-5,8-9H,6-7,15H2,1-2H3. The number of hydrogen-bond donors (Lipinski definition) is 1. The van der Waals surface area contributed by atoms with Crippen LogP contribution >= 0.6 is 11.6 Å². The summed E-state index contributed by atoms with van der Waals surface area (Å²) in [6.45, 7) is 5.06. The molecule has 2 atom stereocenters. The molecule has 1 aliphatic rings. The quantitative estimate of drug-likeness (QED) is 0.794. The van der Waals surface area contributed by atoms with Crippen LogP contribution in [0.5, 0.6) is 0 Å². The highest BCUT2D eigenvalue weighted by atomic mass is 35.5. The smallest absolute Gasteiger partial charge is 0.256 e. The summed E-state index contributed by atoms with van der Waals surface area (Å²) in [6.07, 6.45) is 0. The lowest BCUT2D eigenvalue weighted by atomic mass is 10.1. The highest BCUT2D eigenvalue weighted by Crippen LogP contribution is 2.23. The highest BCUT2D eigenvalue weighted by molar-refractivity contribution is 6.31. The Balaban J connectivity index is 2.29. The van der Waals surface area contributed by atoms with E-state index in [1.807, 2.05) is 18.7 Å². The monoisotopic (exact) mass is 268 g/mol. The van der Waals surface area contributed by atoms with E-state index in [-0.39, 0.29) is 18.0 Å². The number of hydrogen-bond acceptors (Lipinski definition) is 3. The molecule has 0 bridgehead atoms. The number of ether oxygens (including phenoxy) is 1. The molecule has 1 aromatic rings. The van der Waals surface area contributed by atoms with Gasteiger partial charge >= 0.3 is 0 Å². The van der Waals surface area contributed by atoms with E-state index in [9.17, 15) is 4.79 Å². The first-order chi connectivity index (χ1) is 8.50. The van der Waals surface area contributed by atoms with Gasteiger partial charge in [-0.2, -0.15) is 0 Å². The maximum Gasteiger partial charge on any atom is 0.256 e. The number of rotatable bonds is 1. The molecule has 1 amide bonds. The van der Waals surface area contributed by atoms with E-state index in [4.69, 9.17) is 22.1 Å². The van der Waals surface area contributed by atoms with Gasteiger partial charge in [-0.1, -0.05) is 11.6 Å². The molecule has 1 saturated heterocycles. The predicted molar refractivity (Wildman–Crippen MR) is 71.8 cm³/mol. The zero-order valence-electron chi connectivity index (χ0n) is 10.5. The number of benzene rings is 1. The van der Waals surface area contributed by atoms with Crippen molar-refractivity contribution in [2.45, 2.75) is 25.9 Å². The normalized spacial score (nSPS) is 24.1. The van der Waals surface area contributed by atoms with Crippen LogP contribution in [0.2, 0.25) is 5.02 Å². The van der Waals surface area contributed by atoms with Crippen molar-refractivity contribution in [1.29, 1.82) is 0 Å².